The maximum atomic E-state index is 12.0. The van der Waals surface area contributed by atoms with E-state index in [0.29, 0.717) is 6.42 Å². The Balaban J connectivity index is 0.00000264. The van der Waals surface area contributed by atoms with Gasteiger partial charge in [0.2, 0.25) is 11.8 Å². The summed E-state index contributed by atoms with van der Waals surface area (Å²) in [5.74, 6) is -0.549. The van der Waals surface area contributed by atoms with Gasteiger partial charge < -0.3 is 21.4 Å². The molecule has 0 aliphatic rings. The van der Waals surface area contributed by atoms with Crippen LogP contribution in [0.4, 0.5) is 0 Å². The highest BCUT2D eigenvalue weighted by Gasteiger charge is 2.17. The fourth-order valence-corrected chi connectivity index (χ4v) is 2.30. The van der Waals surface area contributed by atoms with Crippen molar-refractivity contribution < 1.29 is 9.59 Å². The third-order valence-electron chi connectivity index (χ3n) is 3.32. The molecule has 0 fully saturated rings. The number of aromatic amines is 1. The van der Waals surface area contributed by atoms with Crippen molar-refractivity contribution in [1.29, 1.82) is 0 Å². The van der Waals surface area contributed by atoms with E-state index in [1.807, 2.05) is 44.3 Å². The van der Waals surface area contributed by atoms with Gasteiger partial charge >= 0.3 is 0 Å². The minimum Gasteiger partial charge on any atom is -0.361 e. The van der Waals surface area contributed by atoms with Gasteiger partial charge in [0, 0.05) is 23.1 Å². The highest BCUT2D eigenvalue weighted by Crippen LogP contribution is 2.18. The van der Waals surface area contributed by atoms with Gasteiger partial charge in [-0.2, -0.15) is 0 Å². The molecule has 5 N–H and O–H groups in total. The summed E-state index contributed by atoms with van der Waals surface area (Å²) in [7, 11) is 0. The number of hydrogen-bond donors (Lipinski definition) is 4. The van der Waals surface area contributed by atoms with Crippen molar-refractivity contribution in [3.05, 3.63) is 36.0 Å². The number of nitrogens with one attached hydrogen (secondary N) is 3. The Bertz CT molecular complexity index is 669. The highest BCUT2D eigenvalue weighted by atomic mass is 35.5. The molecule has 0 saturated heterocycles. The molecule has 0 spiro atoms. The number of amides is 2. The van der Waals surface area contributed by atoms with Gasteiger partial charge in [0.05, 0.1) is 12.6 Å². The van der Waals surface area contributed by atoms with Crippen LogP contribution in [0, 0.1) is 0 Å². The van der Waals surface area contributed by atoms with Crippen LogP contribution < -0.4 is 16.4 Å². The van der Waals surface area contributed by atoms with Gasteiger partial charge in [-0.1, -0.05) is 18.2 Å². The number of H-pyrrole nitrogens is 1. The first kappa shape index (κ1) is 19.0. The van der Waals surface area contributed by atoms with Crippen molar-refractivity contribution in [3.8, 4) is 0 Å². The van der Waals surface area contributed by atoms with Crippen LogP contribution in [0.25, 0.3) is 10.9 Å². The molecule has 1 aromatic heterocycles. The zero-order chi connectivity index (χ0) is 16.1. The molecule has 2 aromatic rings. The third kappa shape index (κ3) is 5.26. The quantitative estimate of drug-likeness (QED) is 0.634. The minimum atomic E-state index is -0.689. The van der Waals surface area contributed by atoms with E-state index in [1.54, 1.807) is 0 Å². The molecule has 2 rings (SSSR count). The van der Waals surface area contributed by atoms with E-state index in [9.17, 15) is 9.59 Å². The molecule has 6 nitrogen and oxygen atoms in total. The molecule has 2 amide bonds. The van der Waals surface area contributed by atoms with Gasteiger partial charge in [0.25, 0.3) is 0 Å². The van der Waals surface area contributed by atoms with Crippen molar-refractivity contribution in [2.24, 2.45) is 5.73 Å². The lowest BCUT2D eigenvalue weighted by Gasteiger charge is -2.13. The summed E-state index contributed by atoms with van der Waals surface area (Å²) in [4.78, 5) is 26.6. The van der Waals surface area contributed by atoms with Crippen LogP contribution in [-0.2, 0) is 16.0 Å². The predicted molar refractivity (Wildman–Crippen MR) is 93.5 cm³/mol. The lowest BCUT2D eigenvalue weighted by molar-refractivity contribution is -0.127. The van der Waals surface area contributed by atoms with Crippen LogP contribution in [0.3, 0.4) is 0 Å². The number of carbonyl (C=O) groups is 2. The maximum Gasteiger partial charge on any atom is 0.239 e. The number of nitrogens with two attached hydrogens (primary N) is 1. The first-order chi connectivity index (χ1) is 10.5. The monoisotopic (exact) mass is 338 g/mol. The van der Waals surface area contributed by atoms with Crippen LogP contribution in [0.15, 0.2) is 30.5 Å². The van der Waals surface area contributed by atoms with Crippen LogP contribution in [0.2, 0.25) is 0 Å². The number of fused-ring (bicyclic) bond motifs is 1. The Labute approximate surface area is 141 Å². The van der Waals surface area contributed by atoms with Crippen LogP contribution in [0.1, 0.15) is 19.4 Å². The van der Waals surface area contributed by atoms with E-state index in [4.69, 9.17) is 5.73 Å². The zero-order valence-electron chi connectivity index (χ0n) is 13.3. The van der Waals surface area contributed by atoms with E-state index >= 15 is 0 Å². The molecule has 1 heterocycles. The number of hydrogen-bond acceptors (Lipinski definition) is 3. The molecular formula is C16H23ClN4O2. The lowest BCUT2D eigenvalue weighted by Crippen LogP contribution is -2.46. The van der Waals surface area contributed by atoms with Gasteiger partial charge in [-0.3, -0.25) is 9.59 Å². The number of para-hydroxylation sites is 1. The van der Waals surface area contributed by atoms with E-state index in [2.05, 4.69) is 15.6 Å². The summed E-state index contributed by atoms with van der Waals surface area (Å²) >= 11 is 0. The van der Waals surface area contributed by atoms with E-state index in [-0.39, 0.29) is 36.8 Å². The largest absolute Gasteiger partial charge is 0.361 e. The molecule has 0 aliphatic carbocycles. The van der Waals surface area contributed by atoms with Crippen molar-refractivity contribution in [1.82, 2.24) is 15.6 Å². The molecule has 0 aliphatic heterocycles. The van der Waals surface area contributed by atoms with Crippen molar-refractivity contribution in [3.63, 3.8) is 0 Å². The molecule has 7 heteroatoms. The standard InChI is InChI=1S/C16H22N4O2.ClH/c1-10(2)20-15(21)9-19-16(22)13(17)7-11-8-18-14-6-4-3-5-12(11)14;/h3-6,8,10,13,18H,7,9,17H2,1-2H3,(H,19,22)(H,20,21);1H/t13-;/m0./s1. The third-order valence-corrected chi connectivity index (χ3v) is 3.32. The summed E-state index contributed by atoms with van der Waals surface area (Å²) in [6.07, 6.45) is 2.28. The first-order valence-corrected chi connectivity index (χ1v) is 7.35. The maximum absolute atomic E-state index is 12.0. The summed E-state index contributed by atoms with van der Waals surface area (Å²) in [5.41, 5.74) is 7.94. The summed E-state index contributed by atoms with van der Waals surface area (Å²) in [5, 5.41) is 6.33. The van der Waals surface area contributed by atoms with Gasteiger partial charge in [-0.25, -0.2) is 0 Å². The van der Waals surface area contributed by atoms with Gasteiger partial charge in [-0.15, -0.1) is 12.4 Å². The van der Waals surface area contributed by atoms with E-state index in [1.165, 1.54) is 0 Å². The van der Waals surface area contributed by atoms with E-state index in [0.717, 1.165) is 16.5 Å². The number of carbonyl (C=O) groups excluding carboxylic acids is 2. The molecule has 0 radical (unpaired) electrons. The average molecular weight is 339 g/mol. The molecule has 23 heavy (non-hydrogen) atoms. The Morgan fingerprint density at radius 3 is 2.65 bits per heavy atom. The van der Waals surface area contributed by atoms with Crippen LogP contribution >= 0.6 is 12.4 Å². The van der Waals surface area contributed by atoms with Crippen LogP contribution in [0.5, 0.6) is 0 Å². The number of halogens is 1. The number of benzene rings is 1. The average Bonchev–Trinajstić information content (AvgIpc) is 2.87. The minimum absolute atomic E-state index is 0. The molecule has 126 valence electrons. The van der Waals surface area contributed by atoms with Crippen molar-refractivity contribution >= 4 is 35.1 Å². The normalized spacial score (nSPS) is 11.8. The Morgan fingerprint density at radius 1 is 1.26 bits per heavy atom. The SMILES string of the molecule is CC(C)NC(=O)CNC(=O)[C@@H](N)Cc1c[nH]c2ccccc12.Cl. The predicted octanol–water partition coefficient (Wildman–Crippen LogP) is 1.10. The van der Waals surface area contributed by atoms with Crippen molar-refractivity contribution in [2.75, 3.05) is 6.54 Å². The molecule has 1 atom stereocenters. The molecular weight excluding hydrogens is 316 g/mol. The van der Waals surface area contributed by atoms with Gasteiger partial charge in [-0.05, 0) is 31.9 Å². The molecule has 0 unspecified atom stereocenters. The Morgan fingerprint density at radius 2 is 1.96 bits per heavy atom. The lowest BCUT2D eigenvalue weighted by atomic mass is 10.1. The van der Waals surface area contributed by atoms with E-state index < -0.39 is 6.04 Å². The topological polar surface area (TPSA) is 100 Å². The van der Waals surface area contributed by atoms with Crippen LogP contribution in [-0.4, -0.2) is 35.4 Å². The van der Waals surface area contributed by atoms with Gasteiger partial charge in [0.15, 0.2) is 0 Å². The zero-order valence-corrected chi connectivity index (χ0v) is 14.1. The molecule has 1 aromatic carbocycles. The molecule has 0 saturated carbocycles. The fourth-order valence-electron chi connectivity index (χ4n) is 2.30. The Hall–Kier alpha value is -2.05. The second-order valence-corrected chi connectivity index (χ2v) is 5.61. The smallest absolute Gasteiger partial charge is 0.239 e. The fraction of sp³-hybridized carbons (Fsp3) is 0.375. The molecule has 0 bridgehead atoms. The second-order valence-electron chi connectivity index (χ2n) is 5.61. The van der Waals surface area contributed by atoms with Crippen molar-refractivity contribution in [2.45, 2.75) is 32.4 Å². The number of rotatable bonds is 6. The highest BCUT2D eigenvalue weighted by molar-refractivity contribution is 5.89. The Kier molecular flexibility index (Phi) is 7.06. The second kappa shape index (κ2) is 8.55. The van der Waals surface area contributed by atoms with Gasteiger partial charge in [0.1, 0.15) is 0 Å². The first-order valence-electron chi connectivity index (χ1n) is 7.35. The summed E-state index contributed by atoms with van der Waals surface area (Å²) in [6.45, 7) is 3.67. The summed E-state index contributed by atoms with van der Waals surface area (Å²) < 4.78 is 0. The number of aromatic nitrogens is 1. The summed E-state index contributed by atoms with van der Waals surface area (Å²) in [6, 6.07) is 7.21.